The summed E-state index contributed by atoms with van der Waals surface area (Å²) in [5.41, 5.74) is 0.299. The Balaban J connectivity index is 1.47. The molecule has 1 aromatic heterocycles. The monoisotopic (exact) mass is 277 g/mol. The molecule has 2 saturated carbocycles. The summed E-state index contributed by atoms with van der Waals surface area (Å²) in [6.07, 6.45) is 5.98. The van der Waals surface area contributed by atoms with E-state index in [-0.39, 0.29) is 0 Å². The fourth-order valence-electron chi connectivity index (χ4n) is 3.01. The summed E-state index contributed by atoms with van der Waals surface area (Å²) < 4.78 is 0. The molecule has 19 heavy (non-hydrogen) atoms. The van der Waals surface area contributed by atoms with Crippen molar-refractivity contribution in [2.24, 2.45) is 17.8 Å². The lowest BCUT2D eigenvalue weighted by Crippen LogP contribution is -2.24. The van der Waals surface area contributed by atoms with Gasteiger partial charge in [-0.25, -0.2) is 0 Å². The zero-order valence-electron chi connectivity index (χ0n) is 12.5. The largest absolute Gasteiger partial charge is 0.312 e. The van der Waals surface area contributed by atoms with Crippen LogP contribution in [0.2, 0.25) is 0 Å². The van der Waals surface area contributed by atoms with Crippen LogP contribution in [0, 0.1) is 17.8 Å². The molecule has 0 amide bonds. The molecule has 1 aromatic rings. The highest BCUT2D eigenvalue weighted by Gasteiger charge is 2.40. The van der Waals surface area contributed by atoms with Gasteiger partial charge in [0.25, 0.3) is 0 Å². The van der Waals surface area contributed by atoms with Gasteiger partial charge in [-0.05, 0) is 67.5 Å². The SMILES string of the molecule is CC(C)(C)c1ccc(CNCC(C2CC2)C2CC2)s1. The Morgan fingerprint density at radius 3 is 2.26 bits per heavy atom. The molecule has 0 bridgehead atoms. The number of hydrogen-bond acceptors (Lipinski definition) is 2. The first kappa shape index (κ1) is 13.6. The van der Waals surface area contributed by atoms with E-state index in [0.717, 1.165) is 24.3 Å². The molecular weight excluding hydrogens is 250 g/mol. The van der Waals surface area contributed by atoms with Gasteiger partial charge < -0.3 is 5.32 Å². The van der Waals surface area contributed by atoms with Gasteiger partial charge in [0, 0.05) is 16.3 Å². The minimum Gasteiger partial charge on any atom is -0.312 e. The smallest absolute Gasteiger partial charge is 0.0299 e. The molecule has 1 N–H and O–H groups in total. The lowest BCUT2D eigenvalue weighted by atomic mass is 9.95. The molecular formula is C17H27NS. The van der Waals surface area contributed by atoms with Crippen LogP contribution in [-0.4, -0.2) is 6.54 Å². The van der Waals surface area contributed by atoms with E-state index in [1.54, 1.807) is 0 Å². The van der Waals surface area contributed by atoms with Crippen molar-refractivity contribution in [2.45, 2.75) is 58.4 Å². The number of thiophene rings is 1. The molecule has 1 nitrogen and oxygen atoms in total. The van der Waals surface area contributed by atoms with Crippen molar-refractivity contribution in [3.05, 3.63) is 21.9 Å². The second kappa shape index (κ2) is 5.21. The summed E-state index contributed by atoms with van der Waals surface area (Å²) in [4.78, 5) is 3.00. The van der Waals surface area contributed by atoms with Crippen LogP contribution in [0.5, 0.6) is 0 Å². The van der Waals surface area contributed by atoms with Crippen LogP contribution in [0.3, 0.4) is 0 Å². The Hall–Kier alpha value is -0.340. The molecule has 2 aliphatic rings. The highest BCUT2D eigenvalue weighted by molar-refractivity contribution is 7.12. The van der Waals surface area contributed by atoms with E-state index in [1.807, 2.05) is 11.3 Å². The van der Waals surface area contributed by atoms with E-state index >= 15 is 0 Å². The van der Waals surface area contributed by atoms with Gasteiger partial charge in [-0.2, -0.15) is 0 Å². The van der Waals surface area contributed by atoms with Gasteiger partial charge in [0.2, 0.25) is 0 Å². The maximum Gasteiger partial charge on any atom is 0.0299 e. The van der Waals surface area contributed by atoms with E-state index in [0.29, 0.717) is 5.41 Å². The van der Waals surface area contributed by atoms with Crippen molar-refractivity contribution in [1.82, 2.24) is 5.32 Å². The molecule has 2 heteroatoms. The van der Waals surface area contributed by atoms with Crippen LogP contribution in [0.15, 0.2) is 12.1 Å². The lowest BCUT2D eigenvalue weighted by molar-refractivity contribution is 0.379. The number of hydrogen-bond donors (Lipinski definition) is 1. The standard InChI is InChI=1S/C17H27NS/c1-17(2,3)16-9-8-14(19-16)10-18-11-15(12-4-5-12)13-6-7-13/h8-9,12-13,15,18H,4-7,10-11H2,1-3H3. The summed E-state index contributed by atoms with van der Waals surface area (Å²) in [6, 6.07) is 4.61. The van der Waals surface area contributed by atoms with Crippen LogP contribution < -0.4 is 5.32 Å². The second-order valence-corrected chi connectivity index (χ2v) is 8.65. The molecule has 0 unspecified atom stereocenters. The van der Waals surface area contributed by atoms with Crippen LogP contribution >= 0.6 is 11.3 Å². The summed E-state index contributed by atoms with van der Waals surface area (Å²) >= 11 is 1.98. The van der Waals surface area contributed by atoms with Crippen LogP contribution in [0.1, 0.15) is 56.2 Å². The predicted molar refractivity (Wildman–Crippen MR) is 83.7 cm³/mol. The molecule has 106 valence electrons. The van der Waals surface area contributed by atoms with Gasteiger partial charge in [-0.3, -0.25) is 0 Å². The topological polar surface area (TPSA) is 12.0 Å². The van der Waals surface area contributed by atoms with E-state index in [9.17, 15) is 0 Å². The Morgan fingerprint density at radius 2 is 1.79 bits per heavy atom. The second-order valence-electron chi connectivity index (χ2n) is 7.49. The third-order valence-electron chi connectivity index (χ3n) is 4.54. The normalized spacial score (nSPS) is 20.2. The Kier molecular flexibility index (Phi) is 3.74. The predicted octanol–water partition coefficient (Wildman–Crippen LogP) is 4.57. The summed E-state index contributed by atoms with van der Waals surface area (Å²) in [6.45, 7) is 9.21. The molecule has 0 saturated heterocycles. The molecule has 0 spiro atoms. The average molecular weight is 277 g/mol. The van der Waals surface area contributed by atoms with Gasteiger partial charge in [0.05, 0.1) is 0 Å². The highest BCUT2D eigenvalue weighted by atomic mass is 32.1. The summed E-state index contributed by atoms with van der Waals surface area (Å²) in [5.74, 6) is 3.11. The Labute approximate surface area is 121 Å². The molecule has 0 aliphatic heterocycles. The first-order chi connectivity index (χ1) is 9.04. The molecule has 2 fully saturated rings. The zero-order valence-corrected chi connectivity index (χ0v) is 13.4. The van der Waals surface area contributed by atoms with Crippen molar-refractivity contribution in [2.75, 3.05) is 6.54 Å². The average Bonchev–Trinajstić information content (AvgIpc) is 3.24. The number of rotatable bonds is 6. The maximum absolute atomic E-state index is 3.72. The molecule has 1 heterocycles. The first-order valence-electron chi connectivity index (χ1n) is 7.84. The molecule has 0 atom stereocenters. The lowest BCUT2D eigenvalue weighted by Gasteiger charge is -2.16. The van der Waals surface area contributed by atoms with E-state index in [4.69, 9.17) is 0 Å². The van der Waals surface area contributed by atoms with Crippen molar-refractivity contribution < 1.29 is 0 Å². The molecule has 0 radical (unpaired) electrons. The fraction of sp³-hybridized carbons (Fsp3) is 0.765. The minimum atomic E-state index is 0.299. The van der Waals surface area contributed by atoms with Crippen molar-refractivity contribution in [3.8, 4) is 0 Å². The zero-order chi connectivity index (χ0) is 13.5. The third kappa shape index (κ3) is 3.61. The van der Waals surface area contributed by atoms with Crippen molar-refractivity contribution >= 4 is 11.3 Å². The molecule has 0 aromatic carbocycles. The van der Waals surface area contributed by atoms with Gasteiger partial charge in [0.15, 0.2) is 0 Å². The Bertz CT molecular complexity index is 409. The van der Waals surface area contributed by atoms with Gasteiger partial charge in [0.1, 0.15) is 0 Å². The van der Waals surface area contributed by atoms with Gasteiger partial charge >= 0.3 is 0 Å². The van der Waals surface area contributed by atoms with Crippen molar-refractivity contribution in [3.63, 3.8) is 0 Å². The van der Waals surface area contributed by atoms with Crippen LogP contribution in [-0.2, 0) is 12.0 Å². The molecule has 2 aliphatic carbocycles. The van der Waals surface area contributed by atoms with E-state index < -0.39 is 0 Å². The Morgan fingerprint density at radius 1 is 1.16 bits per heavy atom. The molecule has 3 rings (SSSR count). The number of nitrogens with one attached hydrogen (secondary N) is 1. The van der Waals surface area contributed by atoms with E-state index in [1.165, 1.54) is 42.0 Å². The van der Waals surface area contributed by atoms with Gasteiger partial charge in [-0.1, -0.05) is 20.8 Å². The van der Waals surface area contributed by atoms with Crippen LogP contribution in [0.25, 0.3) is 0 Å². The first-order valence-corrected chi connectivity index (χ1v) is 8.65. The van der Waals surface area contributed by atoms with Crippen molar-refractivity contribution in [1.29, 1.82) is 0 Å². The highest BCUT2D eigenvalue weighted by Crippen LogP contribution is 2.48. The third-order valence-corrected chi connectivity index (χ3v) is 6.05. The summed E-state index contributed by atoms with van der Waals surface area (Å²) in [7, 11) is 0. The fourth-order valence-corrected chi connectivity index (χ4v) is 4.04. The van der Waals surface area contributed by atoms with Crippen LogP contribution in [0.4, 0.5) is 0 Å². The summed E-state index contributed by atoms with van der Waals surface area (Å²) in [5, 5.41) is 3.72. The van der Waals surface area contributed by atoms with Gasteiger partial charge in [-0.15, -0.1) is 11.3 Å². The maximum atomic E-state index is 3.72. The minimum absolute atomic E-state index is 0.299. The van der Waals surface area contributed by atoms with E-state index in [2.05, 4.69) is 38.2 Å². The quantitative estimate of drug-likeness (QED) is 0.803.